The molecule has 0 heterocycles. The van der Waals surface area contributed by atoms with Crippen molar-refractivity contribution in [3.8, 4) is 0 Å². The molecule has 0 aromatic rings. The van der Waals surface area contributed by atoms with E-state index in [9.17, 15) is 5.11 Å². The molecule has 3 aliphatic rings. The van der Waals surface area contributed by atoms with Crippen LogP contribution in [0.4, 0.5) is 0 Å². The minimum absolute atomic E-state index is 0.314. The van der Waals surface area contributed by atoms with Crippen LogP contribution in [0.5, 0.6) is 0 Å². The zero-order valence-electron chi connectivity index (χ0n) is 8.21. The van der Waals surface area contributed by atoms with Gasteiger partial charge in [-0.15, -0.1) is 0 Å². The van der Waals surface area contributed by atoms with Crippen molar-refractivity contribution in [1.82, 2.24) is 0 Å². The highest BCUT2D eigenvalue weighted by Gasteiger charge is 2.48. The van der Waals surface area contributed by atoms with Crippen LogP contribution in [0, 0.1) is 23.2 Å². The number of aliphatic hydroxyl groups is 1. The van der Waals surface area contributed by atoms with Crippen molar-refractivity contribution in [3.63, 3.8) is 0 Å². The van der Waals surface area contributed by atoms with E-state index < -0.39 is 0 Å². The fraction of sp³-hybridized carbons (Fsp3) is 1.00. The van der Waals surface area contributed by atoms with Crippen LogP contribution in [-0.4, -0.2) is 11.7 Å². The maximum atomic E-state index is 9.45. The number of hydrogen-bond acceptors (Lipinski definition) is 1. The molecule has 3 rings (SSSR count). The number of fused-ring (bicyclic) bond motifs is 3. The number of hydrogen-bond donors (Lipinski definition) is 1. The van der Waals surface area contributed by atoms with Gasteiger partial charge in [0.2, 0.25) is 0 Å². The van der Waals surface area contributed by atoms with Gasteiger partial charge in [-0.1, -0.05) is 13.8 Å². The summed E-state index contributed by atoms with van der Waals surface area (Å²) in [5.41, 5.74) is 0.314. The van der Waals surface area contributed by atoms with Gasteiger partial charge in [-0.25, -0.2) is 0 Å². The van der Waals surface area contributed by atoms with Crippen molar-refractivity contribution in [2.75, 3.05) is 6.61 Å². The van der Waals surface area contributed by atoms with Gasteiger partial charge >= 0.3 is 0 Å². The van der Waals surface area contributed by atoms with Gasteiger partial charge in [-0.05, 0) is 48.9 Å². The average Bonchev–Trinajstić information content (AvgIpc) is 2.14. The summed E-state index contributed by atoms with van der Waals surface area (Å²) in [7, 11) is 0. The molecule has 2 atom stereocenters. The lowest BCUT2D eigenvalue weighted by Gasteiger charge is -2.54. The minimum Gasteiger partial charge on any atom is -0.396 e. The Balaban J connectivity index is 2.22. The molecule has 0 aliphatic heterocycles. The van der Waals surface area contributed by atoms with Crippen LogP contribution in [0.1, 0.15) is 39.5 Å². The molecule has 70 valence electrons. The number of rotatable bonds is 1. The predicted octanol–water partition coefficient (Wildman–Crippen LogP) is 2.44. The summed E-state index contributed by atoms with van der Waals surface area (Å²) in [4.78, 5) is 0. The highest BCUT2D eigenvalue weighted by Crippen LogP contribution is 2.55. The molecule has 3 saturated carbocycles. The normalized spacial score (nSPS) is 52.8. The number of aliphatic hydroxyl groups excluding tert-OH is 1. The first-order chi connectivity index (χ1) is 5.69. The molecule has 2 bridgehead atoms. The Morgan fingerprint density at radius 2 is 1.83 bits per heavy atom. The Kier molecular flexibility index (Phi) is 1.95. The maximum absolute atomic E-state index is 9.45. The zero-order valence-corrected chi connectivity index (χ0v) is 8.21. The van der Waals surface area contributed by atoms with Gasteiger partial charge in [0.1, 0.15) is 0 Å². The summed E-state index contributed by atoms with van der Waals surface area (Å²) in [5, 5.41) is 9.45. The van der Waals surface area contributed by atoms with Crippen molar-refractivity contribution in [2.24, 2.45) is 23.2 Å². The molecule has 0 radical (unpaired) electrons. The van der Waals surface area contributed by atoms with Crippen LogP contribution >= 0.6 is 0 Å². The summed E-state index contributed by atoms with van der Waals surface area (Å²) in [6.07, 6.45) is 5.29. The second-order valence-corrected chi connectivity index (χ2v) is 5.01. The summed E-state index contributed by atoms with van der Waals surface area (Å²) in [6.45, 7) is 5.13. The lowest BCUT2D eigenvalue weighted by molar-refractivity contribution is -0.0758. The van der Waals surface area contributed by atoms with Gasteiger partial charge in [0, 0.05) is 6.61 Å². The van der Waals surface area contributed by atoms with Gasteiger partial charge < -0.3 is 5.11 Å². The maximum Gasteiger partial charge on any atom is 0.0490 e. The quantitative estimate of drug-likeness (QED) is 0.637. The highest BCUT2D eigenvalue weighted by atomic mass is 16.3. The fourth-order valence-corrected chi connectivity index (χ4v) is 3.46. The van der Waals surface area contributed by atoms with E-state index in [0.29, 0.717) is 12.0 Å². The first-order valence-electron chi connectivity index (χ1n) is 5.30. The van der Waals surface area contributed by atoms with Gasteiger partial charge in [-0.2, -0.15) is 0 Å². The van der Waals surface area contributed by atoms with Gasteiger partial charge in [0.05, 0.1) is 0 Å². The third kappa shape index (κ3) is 0.953. The Morgan fingerprint density at radius 1 is 1.25 bits per heavy atom. The first-order valence-corrected chi connectivity index (χ1v) is 5.30. The summed E-state index contributed by atoms with van der Waals surface area (Å²) in [5.74, 6) is 2.56. The predicted molar refractivity (Wildman–Crippen MR) is 49.8 cm³/mol. The third-order valence-electron chi connectivity index (χ3n) is 4.84. The van der Waals surface area contributed by atoms with Gasteiger partial charge in [0.25, 0.3) is 0 Å². The van der Waals surface area contributed by atoms with E-state index in [1.165, 1.54) is 25.7 Å². The van der Waals surface area contributed by atoms with Crippen molar-refractivity contribution in [2.45, 2.75) is 39.5 Å². The monoisotopic (exact) mass is 168 g/mol. The fourth-order valence-electron chi connectivity index (χ4n) is 3.46. The molecule has 1 heteroatoms. The summed E-state index contributed by atoms with van der Waals surface area (Å²) < 4.78 is 0. The molecule has 1 nitrogen and oxygen atoms in total. The molecule has 12 heavy (non-hydrogen) atoms. The van der Waals surface area contributed by atoms with Crippen LogP contribution in [0.25, 0.3) is 0 Å². The van der Waals surface area contributed by atoms with E-state index >= 15 is 0 Å². The van der Waals surface area contributed by atoms with Crippen molar-refractivity contribution >= 4 is 0 Å². The topological polar surface area (TPSA) is 20.2 Å². The Morgan fingerprint density at radius 3 is 2.25 bits per heavy atom. The molecule has 0 aromatic carbocycles. The molecular weight excluding hydrogens is 148 g/mol. The molecule has 0 saturated heterocycles. The first kappa shape index (κ1) is 8.55. The molecule has 0 spiro atoms. The molecule has 3 fully saturated rings. The highest BCUT2D eigenvalue weighted by molar-refractivity contribution is 4.98. The second-order valence-electron chi connectivity index (χ2n) is 5.01. The molecule has 0 aromatic heterocycles. The molecular formula is C11H20O. The lowest BCUT2D eigenvalue weighted by atomic mass is 9.52. The molecule has 3 aliphatic carbocycles. The van der Waals surface area contributed by atoms with Crippen LogP contribution in [0.3, 0.4) is 0 Å². The van der Waals surface area contributed by atoms with E-state index in [1.807, 2.05) is 0 Å². The summed E-state index contributed by atoms with van der Waals surface area (Å²) in [6, 6.07) is 0. The lowest BCUT2D eigenvalue weighted by Crippen LogP contribution is -2.48. The second kappa shape index (κ2) is 2.73. The molecule has 0 amide bonds. The van der Waals surface area contributed by atoms with Crippen molar-refractivity contribution in [3.05, 3.63) is 0 Å². The van der Waals surface area contributed by atoms with Crippen LogP contribution < -0.4 is 0 Å². The van der Waals surface area contributed by atoms with Crippen LogP contribution in [0.2, 0.25) is 0 Å². The van der Waals surface area contributed by atoms with E-state index in [2.05, 4.69) is 13.8 Å². The van der Waals surface area contributed by atoms with E-state index in [-0.39, 0.29) is 0 Å². The van der Waals surface area contributed by atoms with Crippen molar-refractivity contribution < 1.29 is 5.11 Å². The third-order valence-corrected chi connectivity index (χ3v) is 4.84. The molecule has 0 unspecified atom stereocenters. The van der Waals surface area contributed by atoms with E-state index in [4.69, 9.17) is 0 Å². The zero-order chi connectivity index (χ0) is 8.77. The standard InChI is InChI=1S/C11H20O/c1-8-9(2)11(7-12)5-3-10(8)4-6-11/h8-10,12H,3-7H2,1-2H3/t8-,9+,10?,11?/m0/s1. The average molecular weight is 168 g/mol. The van der Waals surface area contributed by atoms with E-state index in [1.54, 1.807) is 0 Å². The molecule has 1 N–H and O–H groups in total. The van der Waals surface area contributed by atoms with Gasteiger partial charge in [-0.3, -0.25) is 0 Å². The van der Waals surface area contributed by atoms with Crippen LogP contribution in [-0.2, 0) is 0 Å². The van der Waals surface area contributed by atoms with Crippen molar-refractivity contribution in [1.29, 1.82) is 0 Å². The van der Waals surface area contributed by atoms with E-state index in [0.717, 1.165) is 17.8 Å². The minimum atomic E-state index is 0.314. The Labute approximate surface area is 75.2 Å². The van der Waals surface area contributed by atoms with Crippen LogP contribution in [0.15, 0.2) is 0 Å². The van der Waals surface area contributed by atoms with Gasteiger partial charge in [0.15, 0.2) is 0 Å². The smallest absolute Gasteiger partial charge is 0.0490 e. The Bertz CT molecular complexity index is 168. The summed E-state index contributed by atoms with van der Waals surface area (Å²) >= 11 is 0. The Hall–Kier alpha value is -0.0400. The largest absolute Gasteiger partial charge is 0.396 e. The SMILES string of the molecule is C[C@@H]1C2CCC(CO)(CC2)[C@@H]1C.